The molecule has 1 atom stereocenters. The largest absolute Gasteiger partial charge is 0.490 e. The molecule has 0 aliphatic heterocycles. The molecule has 21 heavy (non-hydrogen) atoms. The lowest BCUT2D eigenvalue weighted by atomic mass is 10.0. The highest BCUT2D eigenvalue weighted by Crippen LogP contribution is 2.37. The lowest BCUT2D eigenvalue weighted by molar-refractivity contribution is -0.220. The van der Waals surface area contributed by atoms with Gasteiger partial charge in [-0.05, 0) is 12.1 Å². The number of esters is 1. The number of halogens is 7. The van der Waals surface area contributed by atoms with Crippen molar-refractivity contribution >= 4 is 29.2 Å². The van der Waals surface area contributed by atoms with Crippen molar-refractivity contribution in [1.29, 1.82) is 0 Å². The zero-order valence-electron chi connectivity index (χ0n) is 10.1. The highest BCUT2D eigenvalue weighted by Gasteiger charge is 2.48. The van der Waals surface area contributed by atoms with E-state index in [9.17, 15) is 26.7 Å². The molecule has 3 nitrogen and oxygen atoms in total. The SMILES string of the molecule is NCC(F)(F)C(OC(=O)C(F)(F)F)c1ccc(Cl)c(Cl)c1. The summed E-state index contributed by atoms with van der Waals surface area (Å²) in [6, 6.07) is 2.92. The summed E-state index contributed by atoms with van der Waals surface area (Å²) >= 11 is 11.2. The highest BCUT2D eigenvalue weighted by molar-refractivity contribution is 6.42. The minimum absolute atomic E-state index is 0.00243. The molecule has 1 aromatic rings. The molecule has 2 N–H and O–H groups in total. The zero-order chi connectivity index (χ0) is 16.4. The van der Waals surface area contributed by atoms with E-state index < -0.39 is 36.3 Å². The van der Waals surface area contributed by atoms with Crippen LogP contribution in [0.2, 0.25) is 10.0 Å². The molecule has 0 aromatic heterocycles. The fourth-order valence-electron chi connectivity index (χ4n) is 1.35. The van der Waals surface area contributed by atoms with Crippen molar-refractivity contribution in [1.82, 2.24) is 0 Å². The second kappa shape index (κ2) is 6.33. The highest BCUT2D eigenvalue weighted by atomic mass is 35.5. The van der Waals surface area contributed by atoms with E-state index >= 15 is 0 Å². The van der Waals surface area contributed by atoms with Crippen LogP contribution in [-0.4, -0.2) is 24.6 Å². The smallest absolute Gasteiger partial charge is 0.444 e. The second-order valence-corrected chi connectivity index (χ2v) is 4.74. The molecule has 0 amide bonds. The predicted molar refractivity (Wildman–Crippen MR) is 65.4 cm³/mol. The van der Waals surface area contributed by atoms with Crippen molar-refractivity contribution in [2.24, 2.45) is 5.73 Å². The maximum atomic E-state index is 13.6. The maximum absolute atomic E-state index is 13.6. The molecule has 0 saturated heterocycles. The Bertz CT molecular complexity index is 536. The molecule has 0 saturated carbocycles. The number of hydrogen-bond acceptors (Lipinski definition) is 3. The molecule has 0 radical (unpaired) electrons. The van der Waals surface area contributed by atoms with Gasteiger partial charge in [0.25, 0.3) is 5.92 Å². The predicted octanol–water partition coefficient (Wildman–Crippen LogP) is 3.73. The summed E-state index contributed by atoms with van der Waals surface area (Å²) in [5.41, 5.74) is 4.35. The van der Waals surface area contributed by atoms with E-state index in [0.29, 0.717) is 0 Å². The number of rotatable bonds is 4. The molecule has 0 fully saturated rings. The fourth-order valence-corrected chi connectivity index (χ4v) is 1.66. The van der Waals surface area contributed by atoms with E-state index in [-0.39, 0.29) is 10.0 Å². The van der Waals surface area contributed by atoms with Gasteiger partial charge in [0.2, 0.25) is 0 Å². The van der Waals surface area contributed by atoms with Crippen molar-refractivity contribution in [2.75, 3.05) is 6.54 Å². The van der Waals surface area contributed by atoms with Crippen LogP contribution in [0.25, 0.3) is 0 Å². The van der Waals surface area contributed by atoms with Gasteiger partial charge in [0, 0.05) is 5.56 Å². The van der Waals surface area contributed by atoms with Gasteiger partial charge < -0.3 is 10.5 Å². The van der Waals surface area contributed by atoms with Crippen LogP contribution in [0.1, 0.15) is 11.7 Å². The Hall–Kier alpha value is -1.12. The van der Waals surface area contributed by atoms with Crippen molar-refractivity contribution in [3.05, 3.63) is 33.8 Å². The van der Waals surface area contributed by atoms with Gasteiger partial charge in [0.15, 0.2) is 6.10 Å². The number of alkyl halides is 5. The Labute approximate surface area is 125 Å². The summed E-state index contributed by atoms with van der Waals surface area (Å²) < 4.78 is 67.6. The van der Waals surface area contributed by atoms with Crippen molar-refractivity contribution in [3.8, 4) is 0 Å². The number of benzene rings is 1. The van der Waals surface area contributed by atoms with E-state index in [0.717, 1.165) is 18.2 Å². The molecule has 118 valence electrons. The van der Waals surface area contributed by atoms with Crippen LogP contribution >= 0.6 is 23.2 Å². The minimum atomic E-state index is -5.42. The molecule has 1 aromatic carbocycles. The van der Waals surface area contributed by atoms with Crippen LogP contribution in [0.15, 0.2) is 18.2 Å². The topological polar surface area (TPSA) is 52.3 Å². The fraction of sp³-hybridized carbons (Fsp3) is 0.364. The number of nitrogens with two attached hydrogens (primary N) is 1. The van der Waals surface area contributed by atoms with Gasteiger partial charge in [0.05, 0.1) is 16.6 Å². The molecule has 0 heterocycles. The van der Waals surface area contributed by atoms with Crippen LogP contribution in [0, 0.1) is 0 Å². The Morgan fingerprint density at radius 2 is 1.76 bits per heavy atom. The standard InChI is InChI=1S/C11H8Cl2F5NO2/c12-6-2-1-5(3-7(6)13)8(10(14,15)4-19)21-9(20)11(16,17)18/h1-3,8H,4,19H2. The summed E-state index contributed by atoms with van der Waals surface area (Å²) in [7, 11) is 0. The van der Waals surface area contributed by atoms with Crippen LogP contribution in [0.3, 0.4) is 0 Å². The van der Waals surface area contributed by atoms with Gasteiger partial charge in [-0.1, -0.05) is 29.3 Å². The monoisotopic (exact) mass is 351 g/mol. The average Bonchev–Trinajstić information content (AvgIpc) is 2.37. The van der Waals surface area contributed by atoms with E-state index in [2.05, 4.69) is 4.74 Å². The minimum Gasteiger partial charge on any atom is -0.444 e. The molecule has 1 unspecified atom stereocenters. The first-order valence-electron chi connectivity index (χ1n) is 5.29. The molecule has 0 aliphatic rings. The number of carbonyl (C=O) groups excluding carboxylic acids is 1. The normalized spacial score (nSPS) is 13.9. The first kappa shape index (κ1) is 17.9. The van der Waals surface area contributed by atoms with E-state index in [4.69, 9.17) is 28.9 Å². The molecule has 0 spiro atoms. The molecular weight excluding hydrogens is 344 g/mol. The van der Waals surface area contributed by atoms with Gasteiger partial charge in [-0.15, -0.1) is 0 Å². The van der Waals surface area contributed by atoms with Gasteiger partial charge >= 0.3 is 12.1 Å². The first-order chi connectivity index (χ1) is 9.49. The third-order valence-corrected chi connectivity index (χ3v) is 3.10. The molecular formula is C11H8Cl2F5NO2. The van der Waals surface area contributed by atoms with Crippen LogP contribution in [0.5, 0.6) is 0 Å². The Balaban J connectivity index is 3.20. The van der Waals surface area contributed by atoms with Crippen molar-refractivity contribution in [3.63, 3.8) is 0 Å². The lowest BCUT2D eigenvalue weighted by Crippen LogP contribution is -2.40. The molecule has 0 aliphatic carbocycles. The van der Waals surface area contributed by atoms with Gasteiger partial charge in [0.1, 0.15) is 0 Å². The second-order valence-electron chi connectivity index (χ2n) is 3.92. The third kappa shape index (κ3) is 4.42. The Morgan fingerprint density at radius 1 is 1.19 bits per heavy atom. The summed E-state index contributed by atoms with van der Waals surface area (Å²) in [5.74, 6) is -6.68. The molecule has 10 heteroatoms. The number of carbonyl (C=O) groups is 1. The number of hydrogen-bond donors (Lipinski definition) is 1. The van der Waals surface area contributed by atoms with Gasteiger partial charge in [-0.25, -0.2) is 13.6 Å². The van der Waals surface area contributed by atoms with Crippen LogP contribution in [0.4, 0.5) is 22.0 Å². The summed E-state index contributed by atoms with van der Waals surface area (Å²) in [5, 5.41) is -0.188. The summed E-state index contributed by atoms with van der Waals surface area (Å²) in [4.78, 5) is 10.8. The van der Waals surface area contributed by atoms with Crippen molar-refractivity contribution < 1.29 is 31.5 Å². The zero-order valence-corrected chi connectivity index (χ0v) is 11.6. The first-order valence-corrected chi connectivity index (χ1v) is 6.05. The lowest BCUT2D eigenvalue weighted by Gasteiger charge is -2.26. The van der Waals surface area contributed by atoms with E-state index in [1.54, 1.807) is 0 Å². The summed E-state index contributed by atoms with van der Waals surface area (Å²) in [6.45, 7) is -1.33. The van der Waals surface area contributed by atoms with Gasteiger partial charge in [-0.2, -0.15) is 13.2 Å². The molecule has 1 rings (SSSR count). The Morgan fingerprint density at radius 3 is 2.19 bits per heavy atom. The number of ether oxygens (including phenoxy) is 1. The Kier molecular flexibility index (Phi) is 5.40. The van der Waals surface area contributed by atoms with E-state index in [1.165, 1.54) is 0 Å². The maximum Gasteiger partial charge on any atom is 0.490 e. The molecule has 0 bridgehead atoms. The van der Waals surface area contributed by atoms with Gasteiger partial charge in [-0.3, -0.25) is 0 Å². The van der Waals surface area contributed by atoms with Crippen LogP contribution in [-0.2, 0) is 9.53 Å². The summed E-state index contributed by atoms with van der Waals surface area (Å²) in [6.07, 6.45) is -7.95. The average molecular weight is 352 g/mol. The van der Waals surface area contributed by atoms with Crippen molar-refractivity contribution in [2.45, 2.75) is 18.2 Å². The quantitative estimate of drug-likeness (QED) is 0.664. The van der Waals surface area contributed by atoms with Crippen LogP contribution < -0.4 is 5.73 Å². The van der Waals surface area contributed by atoms with E-state index in [1.807, 2.05) is 0 Å². The third-order valence-electron chi connectivity index (χ3n) is 2.36.